The molecule has 1 aliphatic heterocycles. The minimum Gasteiger partial charge on any atom is -0.493 e. The molecule has 0 aliphatic carbocycles. The second-order valence-corrected chi connectivity index (χ2v) is 10.9. The molecule has 0 aromatic heterocycles. The van der Waals surface area contributed by atoms with Crippen LogP contribution < -0.4 is 18.9 Å². The van der Waals surface area contributed by atoms with Crippen molar-refractivity contribution in [3.63, 3.8) is 0 Å². The molecule has 0 spiro atoms. The second kappa shape index (κ2) is 14.4. The summed E-state index contributed by atoms with van der Waals surface area (Å²) in [5.74, 6) is 4.23. The Kier molecular flexibility index (Phi) is 10.6. The van der Waals surface area contributed by atoms with Gasteiger partial charge in [-0.1, -0.05) is 49.2 Å². The summed E-state index contributed by atoms with van der Waals surface area (Å²) in [7, 11) is 6.81. The molecule has 0 N–H and O–H groups in total. The molecule has 204 valence electrons. The maximum atomic E-state index is 5.60. The lowest BCUT2D eigenvalue weighted by Crippen LogP contribution is -2.31. The zero-order valence-corrected chi connectivity index (χ0v) is 24.0. The number of rotatable bonds is 14. The third-order valence-electron chi connectivity index (χ3n) is 7.31. The van der Waals surface area contributed by atoms with E-state index in [2.05, 4.69) is 59.5 Å². The fourth-order valence-corrected chi connectivity index (χ4v) is 6.40. The summed E-state index contributed by atoms with van der Waals surface area (Å²) in [5, 5.41) is 0.416. The second-order valence-electron chi connectivity index (χ2n) is 9.75. The fourth-order valence-electron chi connectivity index (χ4n) is 5.14. The minimum atomic E-state index is 0.416. The number of methoxy groups -OCH3 is 4. The molecule has 5 nitrogen and oxygen atoms in total. The van der Waals surface area contributed by atoms with Gasteiger partial charge in [0.1, 0.15) is 0 Å². The Morgan fingerprint density at radius 2 is 1.42 bits per heavy atom. The zero-order chi connectivity index (χ0) is 26.7. The van der Waals surface area contributed by atoms with Gasteiger partial charge in [-0.2, -0.15) is 0 Å². The van der Waals surface area contributed by atoms with Crippen molar-refractivity contribution in [2.45, 2.75) is 49.7 Å². The summed E-state index contributed by atoms with van der Waals surface area (Å²) in [6.07, 6.45) is 5.85. The van der Waals surface area contributed by atoms with Gasteiger partial charge >= 0.3 is 0 Å². The average Bonchev–Trinajstić information content (AvgIpc) is 2.97. The van der Waals surface area contributed by atoms with Crippen molar-refractivity contribution >= 4 is 11.8 Å². The number of hydrogen-bond donors (Lipinski definition) is 0. The smallest absolute Gasteiger partial charge is 0.161 e. The van der Waals surface area contributed by atoms with E-state index in [9.17, 15) is 0 Å². The normalized spacial score (nSPS) is 14.0. The zero-order valence-electron chi connectivity index (χ0n) is 23.2. The van der Waals surface area contributed by atoms with Gasteiger partial charge in [0.05, 0.1) is 28.4 Å². The lowest BCUT2D eigenvalue weighted by Gasteiger charge is -2.29. The first-order valence-corrected chi connectivity index (χ1v) is 14.5. The number of hydrogen-bond acceptors (Lipinski definition) is 6. The predicted molar refractivity (Wildman–Crippen MR) is 157 cm³/mol. The van der Waals surface area contributed by atoms with Crippen molar-refractivity contribution in [1.29, 1.82) is 0 Å². The molecule has 0 saturated heterocycles. The summed E-state index contributed by atoms with van der Waals surface area (Å²) in [5.41, 5.74) is 5.41. The Balaban J connectivity index is 1.31. The van der Waals surface area contributed by atoms with E-state index < -0.39 is 0 Å². The van der Waals surface area contributed by atoms with Crippen LogP contribution in [0.3, 0.4) is 0 Å². The van der Waals surface area contributed by atoms with Crippen molar-refractivity contribution in [2.24, 2.45) is 0 Å². The first-order valence-electron chi connectivity index (χ1n) is 13.5. The van der Waals surface area contributed by atoms with Crippen molar-refractivity contribution in [1.82, 2.24) is 4.90 Å². The van der Waals surface area contributed by atoms with Crippen LogP contribution in [0.2, 0.25) is 0 Å². The molecule has 0 amide bonds. The SMILES string of the molecule is COc1ccc(C(CCCCCN2CCc3cc(OC)c(OC)cc3C2)SCc2ccccc2)cc1OC. The van der Waals surface area contributed by atoms with E-state index in [1.54, 1.807) is 28.4 Å². The quantitative estimate of drug-likeness (QED) is 0.202. The average molecular weight is 536 g/mol. The van der Waals surface area contributed by atoms with Crippen LogP contribution in [-0.4, -0.2) is 46.4 Å². The highest BCUT2D eigenvalue weighted by atomic mass is 32.2. The van der Waals surface area contributed by atoms with Crippen LogP contribution in [0.25, 0.3) is 0 Å². The third kappa shape index (κ3) is 7.39. The summed E-state index contributed by atoms with van der Waals surface area (Å²) in [6.45, 7) is 3.21. The molecule has 3 aromatic rings. The van der Waals surface area contributed by atoms with Gasteiger partial charge in [-0.25, -0.2) is 0 Å². The third-order valence-corrected chi connectivity index (χ3v) is 8.72. The molecule has 0 bridgehead atoms. The van der Waals surface area contributed by atoms with Gasteiger partial charge in [0.2, 0.25) is 0 Å². The number of unbranched alkanes of at least 4 members (excludes halogenated alkanes) is 2. The molecule has 0 fully saturated rings. The van der Waals surface area contributed by atoms with Crippen LogP contribution in [0.4, 0.5) is 0 Å². The maximum absolute atomic E-state index is 5.60. The molecule has 0 saturated carbocycles. The van der Waals surface area contributed by atoms with Gasteiger partial charge in [0.15, 0.2) is 23.0 Å². The van der Waals surface area contributed by atoms with Gasteiger partial charge in [-0.05, 0) is 72.3 Å². The predicted octanol–water partition coefficient (Wildman–Crippen LogP) is 7.31. The topological polar surface area (TPSA) is 40.2 Å². The summed E-state index contributed by atoms with van der Waals surface area (Å²) >= 11 is 2.02. The first kappa shape index (κ1) is 28.2. The number of fused-ring (bicyclic) bond motifs is 1. The summed E-state index contributed by atoms with van der Waals surface area (Å²) in [6, 6.07) is 21.4. The van der Waals surface area contributed by atoms with Gasteiger partial charge in [-0.15, -0.1) is 11.8 Å². The van der Waals surface area contributed by atoms with Crippen LogP contribution in [-0.2, 0) is 18.7 Å². The van der Waals surface area contributed by atoms with Crippen LogP contribution >= 0.6 is 11.8 Å². The Morgan fingerprint density at radius 3 is 2.13 bits per heavy atom. The molecule has 0 radical (unpaired) electrons. The molecule has 4 rings (SSSR count). The first-order chi connectivity index (χ1) is 18.6. The van der Waals surface area contributed by atoms with Crippen molar-refractivity contribution in [3.05, 3.63) is 82.9 Å². The largest absolute Gasteiger partial charge is 0.493 e. The number of benzene rings is 3. The van der Waals surface area contributed by atoms with Crippen LogP contribution in [0.5, 0.6) is 23.0 Å². The molecule has 3 aromatic carbocycles. The highest BCUT2D eigenvalue weighted by Crippen LogP contribution is 2.40. The van der Waals surface area contributed by atoms with Crippen LogP contribution in [0.15, 0.2) is 60.7 Å². The summed E-state index contributed by atoms with van der Waals surface area (Å²) < 4.78 is 22.1. The molecule has 1 unspecified atom stereocenters. The molecule has 38 heavy (non-hydrogen) atoms. The van der Waals surface area contributed by atoms with E-state index in [-0.39, 0.29) is 0 Å². The highest BCUT2D eigenvalue weighted by molar-refractivity contribution is 7.98. The van der Waals surface area contributed by atoms with Gasteiger partial charge in [0, 0.05) is 24.1 Å². The van der Waals surface area contributed by atoms with Crippen LogP contribution in [0.1, 0.15) is 53.2 Å². The van der Waals surface area contributed by atoms with Crippen LogP contribution in [0, 0.1) is 0 Å². The van der Waals surface area contributed by atoms with E-state index in [0.29, 0.717) is 5.25 Å². The Morgan fingerprint density at radius 1 is 0.737 bits per heavy atom. The molecule has 6 heteroatoms. The minimum absolute atomic E-state index is 0.416. The number of nitrogens with zero attached hydrogens (tertiary/aromatic N) is 1. The molecular formula is C32H41NO4S. The Bertz CT molecular complexity index is 1150. The van der Waals surface area contributed by atoms with Gasteiger partial charge in [-0.3, -0.25) is 4.90 Å². The van der Waals surface area contributed by atoms with E-state index in [4.69, 9.17) is 18.9 Å². The number of ether oxygens (including phenoxy) is 4. The fraction of sp³-hybridized carbons (Fsp3) is 0.438. The molecule has 1 heterocycles. The monoisotopic (exact) mass is 535 g/mol. The number of thioether (sulfide) groups is 1. The summed E-state index contributed by atoms with van der Waals surface area (Å²) in [4.78, 5) is 2.57. The molecular weight excluding hydrogens is 494 g/mol. The maximum Gasteiger partial charge on any atom is 0.161 e. The van der Waals surface area contributed by atoms with Crippen molar-refractivity contribution < 1.29 is 18.9 Å². The van der Waals surface area contributed by atoms with Crippen molar-refractivity contribution in [2.75, 3.05) is 41.5 Å². The lowest BCUT2D eigenvalue weighted by atomic mass is 9.98. The van der Waals surface area contributed by atoms with Gasteiger partial charge < -0.3 is 18.9 Å². The van der Waals surface area contributed by atoms with E-state index in [1.807, 2.05) is 17.8 Å². The Hall–Kier alpha value is -2.83. The highest BCUT2D eigenvalue weighted by Gasteiger charge is 2.20. The standard InChI is InChI=1S/C32H41NO4S/c1-34-28-15-14-26(20-29(28)35-2)32(38-23-24-11-7-5-8-12-24)13-9-6-10-17-33-18-16-25-19-30(36-3)31(37-4)21-27(25)22-33/h5,7-8,11-12,14-15,19-21,32H,6,9-10,13,16-18,22-23H2,1-4H3. The van der Waals surface area contributed by atoms with E-state index in [1.165, 1.54) is 41.5 Å². The molecule has 1 aliphatic rings. The van der Waals surface area contributed by atoms with E-state index >= 15 is 0 Å². The van der Waals surface area contributed by atoms with E-state index in [0.717, 1.165) is 61.2 Å². The molecule has 1 atom stereocenters. The lowest BCUT2D eigenvalue weighted by molar-refractivity contribution is 0.246. The van der Waals surface area contributed by atoms with Gasteiger partial charge in [0.25, 0.3) is 0 Å². The van der Waals surface area contributed by atoms with Crippen molar-refractivity contribution in [3.8, 4) is 23.0 Å². The Labute approximate surface area is 232 Å².